The number of amides is 2. The molecule has 2 heterocycles. The molecule has 1 unspecified atom stereocenters. The highest BCUT2D eigenvalue weighted by Crippen LogP contribution is 2.24. The summed E-state index contributed by atoms with van der Waals surface area (Å²) in [5.41, 5.74) is 2.80. The topological polar surface area (TPSA) is 78.9 Å². The number of methoxy groups -OCH3 is 1. The number of carbonyl (C=O) groups is 2. The van der Waals surface area contributed by atoms with Crippen molar-refractivity contribution in [1.82, 2.24) is 20.0 Å². The fourth-order valence-corrected chi connectivity index (χ4v) is 4.66. The van der Waals surface area contributed by atoms with Crippen LogP contribution in [0.4, 0.5) is 5.82 Å². The molecule has 0 N–H and O–H groups in total. The lowest BCUT2D eigenvalue weighted by Crippen LogP contribution is -2.52. The zero-order chi connectivity index (χ0) is 27.1. The number of carbonyl (C=O) groups excluding carboxylic acids is 2. The van der Waals surface area contributed by atoms with E-state index >= 15 is 0 Å². The van der Waals surface area contributed by atoms with Gasteiger partial charge in [-0.3, -0.25) is 9.59 Å². The van der Waals surface area contributed by atoms with Crippen LogP contribution in [0.2, 0.25) is 0 Å². The number of rotatable bonds is 9. The van der Waals surface area contributed by atoms with E-state index in [1.54, 1.807) is 12.0 Å². The number of nitrogens with zero attached hydrogens (tertiary/aromatic N) is 5. The quantitative estimate of drug-likeness (QED) is 0.419. The third-order valence-electron chi connectivity index (χ3n) is 6.95. The van der Waals surface area contributed by atoms with E-state index in [9.17, 15) is 9.59 Å². The second-order valence-electron chi connectivity index (χ2n) is 10.1. The molecular weight excluding hydrogens is 478 g/mol. The molecule has 0 aliphatic carbocycles. The van der Waals surface area contributed by atoms with E-state index in [4.69, 9.17) is 4.74 Å². The number of ether oxygens (including phenoxy) is 1. The van der Waals surface area contributed by atoms with Gasteiger partial charge in [-0.05, 0) is 54.8 Å². The van der Waals surface area contributed by atoms with E-state index in [0.29, 0.717) is 32.6 Å². The summed E-state index contributed by atoms with van der Waals surface area (Å²) in [6, 6.07) is 21.4. The molecule has 0 saturated carbocycles. The van der Waals surface area contributed by atoms with Crippen molar-refractivity contribution in [3.8, 4) is 17.0 Å². The van der Waals surface area contributed by atoms with E-state index in [2.05, 4.69) is 15.1 Å². The third kappa shape index (κ3) is 6.68. The molecule has 1 aliphatic heterocycles. The lowest BCUT2D eigenvalue weighted by molar-refractivity contribution is -0.143. The Bertz CT molecular complexity index is 1190. The summed E-state index contributed by atoms with van der Waals surface area (Å²) in [4.78, 5) is 32.1. The molecule has 4 rings (SSSR count). The van der Waals surface area contributed by atoms with Gasteiger partial charge in [0.15, 0.2) is 5.82 Å². The summed E-state index contributed by atoms with van der Waals surface area (Å²) in [7, 11) is 1.64. The fraction of sp³-hybridized carbons (Fsp3) is 0.400. The van der Waals surface area contributed by atoms with Gasteiger partial charge in [0.05, 0.1) is 18.8 Å². The number of hydrogen-bond donors (Lipinski definition) is 0. The normalized spacial score (nSPS) is 14.3. The Morgan fingerprint density at radius 2 is 1.58 bits per heavy atom. The van der Waals surface area contributed by atoms with Gasteiger partial charge < -0.3 is 19.4 Å². The first kappa shape index (κ1) is 27.1. The van der Waals surface area contributed by atoms with Crippen LogP contribution in [-0.4, -0.2) is 71.6 Å². The Kier molecular flexibility index (Phi) is 8.94. The molecule has 1 fully saturated rings. The zero-order valence-corrected chi connectivity index (χ0v) is 22.7. The van der Waals surface area contributed by atoms with Crippen molar-refractivity contribution in [3.05, 3.63) is 72.3 Å². The maximum Gasteiger partial charge on any atom is 0.242 e. The second-order valence-corrected chi connectivity index (χ2v) is 10.1. The first-order chi connectivity index (χ1) is 18.4. The minimum absolute atomic E-state index is 0.00978. The first-order valence-corrected chi connectivity index (χ1v) is 13.2. The third-order valence-corrected chi connectivity index (χ3v) is 6.95. The number of hydrogen-bond acceptors (Lipinski definition) is 6. The smallest absolute Gasteiger partial charge is 0.242 e. The molecule has 1 atom stereocenters. The van der Waals surface area contributed by atoms with Gasteiger partial charge in [0.1, 0.15) is 12.3 Å². The Morgan fingerprint density at radius 3 is 2.16 bits per heavy atom. The molecule has 3 aromatic rings. The van der Waals surface area contributed by atoms with E-state index in [1.807, 2.05) is 92.4 Å². The highest BCUT2D eigenvalue weighted by atomic mass is 16.5. The average Bonchev–Trinajstić information content (AvgIpc) is 2.95. The standard InChI is InChI=1S/C30H37N5O3/c1-22(2)20-29(36)35(23(3)24-8-6-5-7-9-24)21-30(37)34-18-16-33(17-19-34)28-15-14-27(31-32-28)25-10-12-26(38-4)13-11-25/h5-15,22-23H,16-21H2,1-4H3. The van der Waals surface area contributed by atoms with Crippen molar-refractivity contribution in [2.24, 2.45) is 5.92 Å². The van der Waals surface area contributed by atoms with Gasteiger partial charge in [-0.25, -0.2) is 0 Å². The van der Waals surface area contributed by atoms with Gasteiger partial charge in [-0.1, -0.05) is 44.2 Å². The molecule has 1 saturated heterocycles. The monoisotopic (exact) mass is 515 g/mol. The predicted octanol–water partition coefficient (Wildman–Crippen LogP) is 4.44. The molecule has 0 radical (unpaired) electrons. The van der Waals surface area contributed by atoms with Crippen molar-refractivity contribution >= 4 is 17.6 Å². The van der Waals surface area contributed by atoms with Crippen molar-refractivity contribution in [2.75, 3.05) is 44.7 Å². The van der Waals surface area contributed by atoms with E-state index in [1.165, 1.54) is 0 Å². The first-order valence-electron chi connectivity index (χ1n) is 13.2. The number of anilines is 1. The molecule has 8 nitrogen and oxygen atoms in total. The molecule has 1 aromatic heterocycles. The van der Waals surface area contributed by atoms with Gasteiger partial charge in [0, 0.05) is 38.2 Å². The second kappa shape index (κ2) is 12.5. The van der Waals surface area contributed by atoms with Crippen LogP contribution in [0.3, 0.4) is 0 Å². The van der Waals surface area contributed by atoms with Gasteiger partial charge in [0.25, 0.3) is 0 Å². The summed E-state index contributed by atoms with van der Waals surface area (Å²) in [6.45, 7) is 8.60. The SMILES string of the molecule is COc1ccc(-c2ccc(N3CCN(C(=O)CN(C(=O)CC(C)C)C(C)c4ccccc4)CC3)nn2)cc1. The highest BCUT2D eigenvalue weighted by Gasteiger charge is 2.28. The molecule has 38 heavy (non-hydrogen) atoms. The Hall–Kier alpha value is -3.94. The van der Waals surface area contributed by atoms with Crippen molar-refractivity contribution in [1.29, 1.82) is 0 Å². The summed E-state index contributed by atoms with van der Waals surface area (Å²) >= 11 is 0. The average molecular weight is 516 g/mol. The lowest BCUT2D eigenvalue weighted by Gasteiger charge is -2.37. The van der Waals surface area contributed by atoms with Gasteiger partial charge >= 0.3 is 0 Å². The van der Waals surface area contributed by atoms with Crippen LogP contribution >= 0.6 is 0 Å². The number of aromatic nitrogens is 2. The van der Waals surface area contributed by atoms with Crippen LogP contribution in [0, 0.1) is 5.92 Å². The summed E-state index contributed by atoms with van der Waals surface area (Å²) in [6.07, 6.45) is 0.420. The van der Waals surface area contributed by atoms with Gasteiger partial charge in [-0.15, -0.1) is 10.2 Å². The summed E-state index contributed by atoms with van der Waals surface area (Å²) in [5.74, 6) is 1.80. The fourth-order valence-electron chi connectivity index (χ4n) is 4.66. The molecule has 8 heteroatoms. The summed E-state index contributed by atoms with van der Waals surface area (Å²) in [5, 5.41) is 8.84. The molecule has 200 valence electrons. The largest absolute Gasteiger partial charge is 0.497 e. The van der Waals surface area contributed by atoms with E-state index in [-0.39, 0.29) is 30.3 Å². The van der Waals surface area contributed by atoms with Crippen LogP contribution in [0.15, 0.2) is 66.7 Å². The Labute approximate surface area is 225 Å². The Morgan fingerprint density at radius 1 is 0.895 bits per heavy atom. The Balaban J connectivity index is 1.36. The zero-order valence-electron chi connectivity index (χ0n) is 22.7. The van der Waals surface area contributed by atoms with Crippen molar-refractivity contribution in [3.63, 3.8) is 0 Å². The van der Waals surface area contributed by atoms with Crippen LogP contribution in [-0.2, 0) is 9.59 Å². The van der Waals surface area contributed by atoms with E-state index < -0.39 is 0 Å². The van der Waals surface area contributed by atoms with Crippen molar-refractivity contribution < 1.29 is 14.3 Å². The van der Waals surface area contributed by atoms with Gasteiger partial charge in [-0.2, -0.15) is 0 Å². The minimum atomic E-state index is -0.174. The van der Waals surface area contributed by atoms with Gasteiger partial charge in [0.2, 0.25) is 11.8 Å². The van der Waals surface area contributed by atoms with Crippen LogP contribution in [0.5, 0.6) is 5.75 Å². The van der Waals surface area contributed by atoms with Crippen molar-refractivity contribution in [2.45, 2.75) is 33.2 Å². The molecule has 0 bridgehead atoms. The lowest BCUT2D eigenvalue weighted by atomic mass is 10.0. The predicted molar refractivity (Wildman–Crippen MR) is 149 cm³/mol. The molecule has 1 aliphatic rings. The minimum Gasteiger partial charge on any atom is -0.497 e. The molecule has 2 amide bonds. The van der Waals surface area contributed by atoms with Crippen LogP contribution in [0.1, 0.15) is 38.8 Å². The number of benzene rings is 2. The molecule has 0 spiro atoms. The number of piperazine rings is 1. The van der Waals surface area contributed by atoms with E-state index in [0.717, 1.165) is 28.4 Å². The highest BCUT2D eigenvalue weighted by molar-refractivity contribution is 5.85. The van der Waals surface area contributed by atoms with Crippen LogP contribution in [0.25, 0.3) is 11.3 Å². The van der Waals surface area contributed by atoms with Crippen LogP contribution < -0.4 is 9.64 Å². The summed E-state index contributed by atoms with van der Waals surface area (Å²) < 4.78 is 5.22. The molecule has 2 aromatic carbocycles. The maximum atomic E-state index is 13.3. The maximum absolute atomic E-state index is 13.3. The molecular formula is C30H37N5O3.